The molecule has 1 aromatic rings. The third-order valence-corrected chi connectivity index (χ3v) is 3.57. The van der Waals surface area contributed by atoms with E-state index in [-0.39, 0.29) is 12.1 Å². The Bertz CT molecular complexity index is 394. The third-order valence-electron chi connectivity index (χ3n) is 3.57. The number of aliphatic hydroxyl groups excluding tert-OH is 1. The van der Waals surface area contributed by atoms with E-state index in [4.69, 9.17) is 5.73 Å². The summed E-state index contributed by atoms with van der Waals surface area (Å²) in [5, 5.41) is 10.1. The van der Waals surface area contributed by atoms with Gasteiger partial charge in [-0.15, -0.1) is 0 Å². The van der Waals surface area contributed by atoms with Gasteiger partial charge in [0.1, 0.15) is 0 Å². The maximum atomic E-state index is 10.1. The van der Waals surface area contributed by atoms with E-state index < -0.39 is 0 Å². The van der Waals surface area contributed by atoms with Crippen molar-refractivity contribution in [1.29, 1.82) is 0 Å². The summed E-state index contributed by atoms with van der Waals surface area (Å²) in [4.78, 5) is 6.51. The number of aromatic nitrogens is 1. The summed E-state index contributed by atoms with van der Waals surface area (Å²) in [5.41, 5.74) is 7.58. The van der Waals surface area contributed by atoms with Crippen molar-refractivity contribution in [3.63, 3.8) is 0 Å². The van der Waals surface area contributed by atoms with Gasteiger partial charge in [-0.2, -0.15) is 0 Å². The van der Waals surface area contributed by atoms with Crippen LogP contribution < -0.4 is 10.6 Å². The van der Waals surface area contributed by atoms with Gasteiger partial charge in [0, 0.05) is 12.7 Å². The minimum Gasteiger partial charge on any atom is -0.396 e. The molecule has 0 saturated heterocycles. The molecule has 4 nitrogen and oxygen atoms in total. The summed E-state index contributed by atoms with van der Waals surface area (Å²) < 4.78 is 0. The summed E-state index contributed by atoms with van der Waals surface area (Å²) in [7, 11) is 1.97. The zero-order valence-electron chi connectivity index (χ0n) is 10.6. The first kappa shape index (κ1) is 12.2. The van der Waals surface area contributed by atoms with Crippen LogP contribution in [0.5, 0.6) is 0 Å². The van der Waals surface area contributed by atoms with Crippen molar-refractivity contribution >= 4 is 11.5 Å². The second-order valence-electron chi connectivity index (χ2n) is 4.90. The first-order chi connectivity index (χ1) is 8.09. The Hall–Kier alpha value is -1.29. The molecule has 1 aliphatic carbocycles. The normalized spacial score (nSPS) is 24.6. The number of anilines is 2. The fourth-order valence-electron chi connectivity index (χ4n) is 2.54. The molecule has 2 atom stereocenters. The average molecular weight is 235 g/mol. The monoisotopic (exact) mass is 235 g/mol. The molecule has 0 bridgehead atoms. The number of likely N-dealkylation sites (N-methyl/N-ethyl adjacent to an activating group) is 1. The Kier molecular flexibility index (Phi) is 3.52. The van der Waals surface area contributed by atoms with E-state index in [1.807, 2.05) is 31.0 Å². The zero-order valence-corrected chi connectivity index (χ0v) is 10.6. The van der Waals surface area contributed by atoms with Gasteiger partial charge in [-0.25, -0.2) is 4.98 Å². The fourth-order valence-corrected chi connectivity index (χ4v) is 2.54. The lowest BCUT2D eigenvalue weighted by molar-refractivity contribution is 0.106. The molecule has 0 amide bonds. The SMILES string of the molecule is Cc1ccc(N)c(N(C)C2CCCCC2O)n1. The van der Waals surface area contributed by atoms with Crippen LogP contribution in [0.25, 0.3) is 0 Å². The molecule has 2 unspecified atom stereocenters. The summed E-state index contributed by atoms with van der Waals surface area (Å²) >= 11 is 0. The molecule has 0 radical (unpaired) electrons. The number of nitrogen functional groups attached to an aromatic ring is 1. The number of nitrogens with two attached hydrogens (primary N) is 1. The van der Waals surface area contributed by atoms with Gasteiger partial charge in [-0.1, -0.05) is 12.8 Å². The smallest absolute Gasteiger partial charge is 0.152 e. The largest absolute Gasteiger partial charge is 0.396 e. The van der Waals surface area contributed by atoms with E-state index in [0.29, 0.717) is 5.69 Å². The molecule has 94 valence electrons. The van der Waals surface area contributed by atoms with Crippen molar-refractivity contribution in [2.45, 2.75) is 44.8 Å². The summed E-state index contributed by atoms with van der Waals surface area (Å²) in [6, 6.07) is 3.92. The lowest BCUT2D eigenvalue weighted by Crippen LogP contribution is -2.44. The van der Waals surface area contributed by atoms with Crippen molar-refractivity contribution in [2.24, 2.45) is 0 Å². The number of pyridine rings is 1. The molecule has 1 aliphatic rings. The molecule has 0 spiro atoms. The molecule has 1 aromatic heterocycles. The first-order valence-electron chi connectivity index (χ1n) is 6.23. The summed E-state index contributed by atoms with van der Waals surface area (Å²) in [5.74, 6) is 0.788. The number of aliphatic hydroxyl groups is 1. The van der Waals surface area contributed by atoms with Crippen LogP contribution in [0.3, 0.4) is 0 Å². The van der Waals surface area contributed by atoms with Crippen LogP contribution in [-0.2, 0) is 0 Å². The molecule has 0 aromatic carbocycles. The van der Waals surface area contributed by atoms with Crippen molar-refractivity contribution in [1.82, 2.24) is 4.98 Å². The first-order valence-corrected chi connectivity index (χ1v) is 6.23. The lowest BCUT2D eigenvalue weighted by Gasteiger charge is -2.36. The van der Waals surface area contributed by atoms with Crippen LogP contribution in [0.1, 0.15) is 31.4 Å². The van der Waals surface area contributed by atoms with Crippen LogP contribution in [0.15, 0.2) is 12.1 Å². The Balaban J connectivity index is 2.23. The minimum absolute atomic E-state index is 0.139. The lowest BCUT2D eigenvalue weighted by atomic mass is 9.91. The van der Waals surface area contributed by atoms with Gasteiger partial charge in [-0.3, -0.25) is 0 Å². The number of hydrogen-bond acceptors (Lipinski definition) is 4. The fraction of sp³-hybridized carbons (Fsp3) is 0.615. The van der Waals surface area contributed by atoms with Crippen molar-refractivity contribution in [2.75, 3.05) is 17.7 Å². The Morgan fingerprint density at radius 1 is 1.35 bits per heavy atom. The molecule has 4 heteroatoms. The average Bonchev–Trinajstić information content (AvgIpc) is 2.32. The van der Waals surface area contributed by atoms with Crippen LogP contribution in [0, 0.1) is 6.92 Å². The number of hydrogen-bond donors (Lipinski definition) is 2. The van der Waals surface area contributed by atoms with E-state index in [1.165, 1.54) is 0 Å². The van der Waals surface area contributed by atoms with Crippen LogP contribution in [0.2, 0.25) is 0 Å². The Morgan fingerprint density at radius 2 is 2.06 bits per heavy atom. The number of nitrogens with zero attached hydrogens (tertiary/aromatic N) is 2. The van der Waals surface area contributed by atoms with Crippen LogP contribution in [-0.4, -0.2) is 29.3 Å². The quantitative estimate of drug-likeness (QED) is 0.819. The highest BCUT2D eigenvalue weighted by Crippen LogP contribution is 2.28. The van der Waals surface area contributed by atoms with Crippen molar-refractivity contribution in [3.05, 3.63) is 17.8 Å². The van der Waals surface area contributed by atoms with Gasteiger partial charge < -0.3 is 15.7 Å². The second kappa shape index (κ2) is 4.92. The van der Waals surface area contributed by atoms with Gasteiger partial charge in [0.2, 0.25) is 0 Å². The molecule has 3 N–H and O–H groups in total. The van der Waals surface area contributed by atoms with Crippen LogP contribution in [0.4, 0.5) is 11.5 Å². The molecular formula is C13H21N3O. The van der Waals surface area contributed by atoms with Crippen molar-refractivity contribution < 1.29 is 5.11 Å². The Labute approximate surface area is 102 Å². The zero-order chi connectivity index (χ0) is 12.4. The predicted molar refractivity (Wildman–Crippen MR) is 70.1 cm³/mol. The van der Waals surface area contributed by atoms with E-state index in [9.17, 15) is 5.11 Å². The van der Waals surface area contributed by atoms with Gasteiger partial charge >= 0.3 is 0 Å². The summed E-state index contributed by atoms with van der Waals surface area (Å²) in [6.45, 7) is 1.95. The topological polar surface area (TPSA) is 62.4 Å². The number of rotatable bonds is 2. The minimum atomic E-state index is -0.268. The van der Waals surface area contributed by atoms with Crippen molar-refractivity contribution in [3.8, 4) is 0 Å². The highest BCUT2D eigenvalue weighted by molar-refractivity contribution is 5.63. The molecule has 1 heterocycles. The van der Waals surface area contributed by atoms with E-state index in [2.05, 4.69) is 4.98 Å². The standard InChI is InChI=1S/C13H21N3O/c1-9-7-8-10(14)13(15-9)16(2)11-5-3-4-6-12(11)17/h7-8,11-12,17H,3-6,14H2,1-2H3. The number of aryl methyl sites for hydroxylation is 1. The van der Waals surface area contributed by atoms with Crippen LogP contribution >= 0.6 is 0 Å². The second-order valence-corrected chi connectivity index (χ2v) is 4.90. The highest BCUT2D eigenvalue weighted by Gasteiger charge is 2.28. The van der Waals surface area contributed by atoms with E-state index in [1.54, 1.807) is 0 Å². The molecule has 2 rings (SSSR count). The summed E-state index contributed by atoms with van der Waals surface area (Å²) in [6.07, 6.45) is 3.89. The van der Waals surface area contributed by atoms with Gasteiger partial charge in [0.05, 0.1) is 17.8 Å². The highest BCUT2D eigenvalue weighted by atomic mass is 16.3. The maximum Gasteiger partial charge on any atom is 0.152 e. The predicted octanol–water partition coefficient (Wildman–Crippen LogP) is 1.71. The Morgan fingerprint density at radius 3 is 2.76 bits per heavy atom. The molecule has 1 saturated carbocycles. The van der Waals surface area contributed by atoms with Gasteiger partial charge in [0.25, 0.3) is 0 Å². The molecule has 0 aliphatic heterocycles. The molecule has 1 fully saturated rings. The molecule has 17 heavy (non-hydrogen) atoms. The van der Waals surface area contributed by atoms with E-state index in [0.717, 1.165) is 37.2 Å². The van der Waals surface area contributed by atoms with E-state index >= 15 is 0 Å². The maximum absolute atomic E-state index is 10.1. The molecular weight excluding hydrogens is 214 g/mol. The van der Waals surface area contributed by atoms with Gasteiger partial charge in [0.15, 0.2) is 5.82 Å². The van der Waals surface area contributed by atoms with Gasteiger partial charge in [-0.05, 0) is 31.9 Å². The third kappa shape index (κ3) is 2.52.